The van der Waals surface area contributed by atoms with E-state index in [0.29, 0.717) is 12.8 Å². The molecule has 0 aliphatic heterocycles. The monoisotopic (exact) mass is 292 g/mol. The average Bonchev–Trinajstić information content (AvgIpc) is 2.36. The number of aliphatic carboxylic acids is 1. The molecule has 0 saturated heterocycles. The number of rotatable bonds is 3. The zero-order chi connectivity index (χ0) is 16.0. The van der Waals surface area contributed by atoms with Crippen molar-refractivity contribution in [2.75, 3.05) is 0 Å². The summed E-state index contributed by atoms with van der Waals surface area (Å²) in [5.74, 6) is -1.26. The quantitative estimate of drug-likeness (QED) is 0.490. The third kappa shape index (κ3) is 5.98. The lowest BCUT2D eigenvalue weighted by Gasteiger charge is -2.20. The predicted octanol–water partition coefficient (Wildman–Crippen LogP) is 3.64. The zero-order valence-electron chi connectivity index (χ0n) is 13.0. The van der Waals surface area contributed by atoms with Crippen LogP contribution in [0.3, 0.4) is 0 Å². The molecule has 1 rings (SSSR count). The fourth-order valence-corrected chi connectivity index (χ4v) is 2.50. The van der Waals surface area contributed by atoms with Crippen LogP contribution in [0.2, 0.25) is 0 Å². The maximum Gasteiger partial charge on any atom is 0.331 e. The number of hydrogen-bond donors (Lipinski definition) is 1. The van der Waals surface area contributed by atoms with Crippen molar-refractivity contribution < 1.29 is 19.4 Å². The number of carboxylic acid groups (broad SMARTS) is 1. The maximum absolute atomic E-state index is 11.1. The van der Waals surface area contributed by atoms with Crippen LogP contribution in [0, 0.1) is 5.92 Å². The van der Waals surface area contributed by atoms with Crippen LogP contribution >= 0.6 is 0 Å². The molecule has 0 aromatic rings. The third-order valence-electron chi connectivity index (χ3n) is 3.72. The average molecular weight is 292 g/mol. The zero-order valence-corrected chi connectivity index (χ0v) is 13.0. The molecule has 0 unspecified atom stereocenters. The van der Waals surface area contributed by atoms with Crippen molar-refractivity contribution in [1.82, 2.24) is 0 Å². The first-order valence-corrected chi connectivity index (χ1v) is 7.21. The number of hydrogen-bond acceptors (Lipinski definition) is 3. The minimum atomic E-state index is -0.928. The van der Waals surface area contributed by atoms with Crippen molar-refractivity contribution in [3.8, 4) is 0 Å². The molecule has 0 spiro atoms. The van der Waals surface area contributed by atoms with Crippen LogP contribution in [0.15, 0.2) is 35.5 Å². The van der Waals surface area contributed by atoms with E-state index in [4.69, 9.17) is 9.84 Å². The van der Waals surface area contributed by atoms with Gasteiger partial charge in [-0.15, -0.1) is 0 Å². The van der Waals surface area contributed by atoms with Crippen LogP contribution in [0.5, 0.6) is 0 Å². The lowest BCUT2D eigenvalue weighted by Crippen LogP contribution is -2.17. The first kappa shape index (κ1) is 17.2. The van der Waals surface area contributed by atoms with Gasteiger partial charge < -0.3 is 9.84 Å². The summed E-state index contributed by atoms with van der Waals surface area (Å²) in [5, 5.41) is 9.10. The van der Waals surface area contributed by atoms with Gasteiger partial charge in [-0.1, -0.05) is 23.8 Å². The van der Waals surface area contributed by atoms with Crippen LogP contribution < -0.4 is 0 Å². The Labute approximate surface area is 126 Å². The Morgan fingerprint density at radius 2 is 2.00 bits per heavy atom. The first-order chi connectivity index (χ1) is 9.79. The molecule has 0 amide bonds. The normalized spacial score (nSPS) is 28.5. The van der Waals surface area contributed by atoms with E-state index >= 15 is 0 Å². The van der Waals surface area contributed by atoms with E-state index in [0.717, 1.165) is 24.0 Å². The standard InChI is InChI=1S/C17H24O4/c1-11-5-7-15(13(3)17(19)20)8-6-12(2)10-16(9-11)21-14(4)18/h5,10,15-16H,3,6-9H2,1-2,4H3,(H,19,20)/b11-5+,12-10+/t15-,16-/m0/s1. The van der Waals surface area contributed by atoms with Crippen LogP contribution in [0.25, 0.3) is 0 Å². The van der Waals surface area contributed by atoms with Crippen molar-refractivity contribution in [2.45, 2.75) is 52.6 Å². The van der Waals surface area contributed by atoms with Crippen molar-refractivity contribution in [3.63, 3.8) is 0 Å². The number of carbonyl (C=O) groups is 2. The highest BCUT2D eigenvalue weighted by molar-refractivity contribution is 5.86. The topological polar surface area (TPSA) is 63.6 Å². The van der Waals surface area contributed by atoms with Gasteiger partial charge in [-0.05, 0) is 45.1 Å². The highest BCUT2D eigenvalue weighted by Crippen LogP contribution is 2.26. The van der Waals surface area contributed by atoms with Crippen LogP contribution in [0.1, 0.15) is 46.5 Å². The lowest BCUT2D eigenvalue weighted by molar-refractivity contribution is -0.144. The largest absolute Gasteiger partial charge is 0.478 e. The summed E-state index contributed by atoms with van der Waals surface area (Å²) in [4.78, 5) is 22.2. The fraction of sp³-hybridized carbons (Fsp3) is 0.529. The molecule has 1 N–H and O–H groups in total. The van der Waals surface area contributed by atoms with Crippen LogP contribution in [-0.4, -0.2) is 23.1 Å². The summed E-state index contributed by atoms with van der Waals surface area (Å²) < 4.78 is 5.31. The molecular formula is C17H24O4. The Kier molecular flexibility index (Phi) is 6.40. The summed E-state index contributed by atoms with van der Waals surface area (Å²) in [7, 11) is 0. The van der Waals surface area contributed by atoms with Gasteiger partial charge in [-0.2, -0.15) is 0 Å². The molecule has 0 bridgehead atoms. The number of esters is 1. The summed E-state index contributed by atoms with van der Waals surface area (Å²) in [6, 6.07) is 0. The van der Waals surface area contributed by atoms with E-state index in [1.807, 2.05) is 26.0 Å². The Bertz CT molecular complexity index is 485. The minimum absolute atomic E-state index is 0.0499. The van der Waals surface area contributed by atoms with Gasteiger partial charge in [-0.25, -0.2) is 4.79 Å². The predicted molar refractivity (Wildman–Crippen MR) is 81.8 cm³/mol. The number of carboxylic acids is 1. The Balaban J connectivity index is 2.90. The highest BCUT2D eigenvalue weighted by Gasteiger charge is 2.19. The van der Waals surface area contributed by atoms with E-state index in [-0.39, 0.29) is 23.6 Å². The van der Waals surface area contributed by atoms with Crippen LogP contribution in [-0.2, 0) is 14.3 Å². The molecule has 4 nitrogen and oxygen atoms in total. The molecule has 2 atom stereocenters. The van der Waals surface area contributed by atoms with Gasteiger partial charge in [-0.3, -0.25) is 4.79 Å². The van der Waals surface area contributed by atoms with Crippen molar-refractivity contribution in [3.05, 3.63) is 35.5 Å². The Hall–Kier alpha value is -1.84. The first-order valence-electron chi connectivity index (χ1n) is 7.21. The van der Waals surface area contributed by atoms with E-state index in [9.17, 15) is 9.59 Å². The van der Waals surface area contributed by atoms with Gasteiger partial charge in [0, 0.05) is 18.9 Å². The fourth-order valence-electron chi connectivity index (χ4n) is 2.50. The number of ether oxygens (including phenoxy) is 1. The molecular weight excluding hydrogens is 268 g/mol. The van der Waals surface area contributed by atoms with Gasteiger partial charge >= 0.3 is 11.9 Å². The Morgan fingerprint density at radius 3 is 2.57 bits per heavy atom. The second-order valence-electron chi connectivity index (χ2n) is 5.72. The number of allylic oxidation sites excluding steroid dienone is 2. The molecule has 1 aliphatic carbocycles. The van der Waals surface area contributed by atoms with Crippen molar-refractivity contribution >= 4 is 11.9 Å². The lowest BCUT2D eigenvalue weighted by atomic mass is 9.88. The summed E-state index contributed by atoms with van der Waals surface area (Å²) in [6.07, 6.45) is 6.58. The number of carbonyl (C=O) groups excluding carboxylic acids is 1. The molecule has 4 heteroatoms. The molecule has 0 aromatic carbocycles. The molecule has 116 valence electrons. The second-order valence-corrected chi connectivity index (χ2v) is 5.72. The van der Waals surface area contributed by atoms with E-state index < -0.39 is 5.97 Å². The third-order valence-corrected chi connectivity index (χ3v) is 3.72. The molecule has 1 aliphatic rings. The van der Waals surface area contributed by atoms with Gasteiger partial charge in [0.05, 0.1) is 0 Å². The molecule has 0 saturated carbocycles. The summed E-state index contributed by atoms with van der Waals surface area (Å²) in [5.41, 5.74) is 2.47. The molecule has 0 fully saturated rings. The Morgan fingerprint density at radius 1 is 1.33 bits per heavy atom. The minimum Gasteiger partial charge on any atom is -0.478 e. The maximum atomic E-state index is 11.1. The van der Waals surface area contributed by atoms with Crippen LogP contribution in [0.4, 0.5) is 0 Å². The highest BCUT2D eigenvalue weighted by atomic mass is 16.5. The van der Waals surface area contributed by atoms with E-state index in [1.165, 1.54) is 6.92 Å². The smallest absolute Gasteiger partial charge is 0.331 e. The molecule has 0 heterocycles. The van der Waals surface area contributed by atoms with Gasteiger partial charge in [0.1, 0.15) is 6.10 Å². The molecule has 0 radical (unpaired) electrons. The SMILES string of the molecule is C=C(C(=O)O)[C@H]1C/C=C(\C)C[C@H](OC(C)=O)/C=C(\C)CC1. The van der Waals surface area contributed by atoms with Gasteiger partial charge in [0.15, 0.2) is 0 Å². The van der Waals surface area contributed by atoms with E-state index in [2.05, 4.69) is 6.58 Å². The second kappa shape index (κ2) is 7.81. The molecule has 21 heavy (non-hydrogen) atoms. The van der Waals surface area contributed by atoms with Crippen molar-refractivity contribution in [1.29, 1.82) is 0 Å². The summed E-state index contributed by atoms with van der Waals surface area (Å²) in [6.45, 7) is 9.06. The van der Waals surface area contributed by atoms with Gasteiger partial charge in [0.2, 0.25) is 0 Å². The molecule has 0 aromatic heterocycles. The van der Waals surface area contributed by atoms with E-state index in [1.54, 1.807) is 0 Å². The summed E-state index contributed by atoms with van der Waals surface area (Å²) >= 11 is 0. The van der Waals surface area contributed by atoms with Crippen molar-refractivity contribution in [2.24, 2.45) is 5.92 Å². The van der Waals surface area contributed by atoms with Gasteiger partial charge in [0.25, 0.3) is 0 Å².